The molecular weight excluding hydrogens is 252 g/mol. The molecule has 0 fully saturated rings. The topological polar surface area (TPSA) is 49.4 Å². The molecule has 4 nitrogen and oxygen atoms in total. The maximum atomic E-state index is 12.5. The highest BCUT2D eigenvalue weighted by Crippen LogP contribution is 2.24. The third kappa shape index (κ3) is 2.75. The molecule has 2 amide bonds. The fourth-order valence-corrected chi connectivity index (χ4v) is 2.57. The van der Waals surface area contributed by atoms with Crippen LogP contribution < -0.4 is 5.32 Å². The molecule has 2 rings (SSSR count). The van der Waals surface area contributed by atoms with Gasteiger partial charge in [-0.1, -0.05) is 39.0 Å². The molecule has 1 N–H and O–H groups in total. The molecule has 1 aromatic carbocycles. The van der Waals surface area contributed by atoms with Crippen LogP contribution in [0.5, 0.6) is 0 Å². The predicted molar refractivity (Wildman–Crippen MR) is 78.5 cm³/mol. The van der Waals surface area contributed by atoms with Crippen molar-refractivity contribution in [2.24, 2.45) is 5.41 Å². The van der Waals surface area contributed by atoms with Crippen molar-refractivity contribution in [2.45, 2.75) is 33.2 Å². The van der Waals surface area contributed by atoms with Gasteiger partial charge in [-0.2, -0.15) is 0 Å². The van der Waals surface area contributed by atoms with Crippen molar-refractivity contribution < 1.29 is 9.59 Å². The van der Waals surface area contributed by atoms with Gasteiger partial charge in [0.2, 0.25) is 5.91 Å². The fourth-order valence-electron chi connectivity index (χ4n) is 2.57. The lowest BCUT2D eigenvalue weighted by Crippen LogP contribution is -2.52. The number of nitrogens with one attached hydrogen (secondary N) is 1. The maximum absolute atomic E-state index is 12.5. The summed E-state index contributed by atoms with van der Waals surface area (Å²) in [6.07, 6.45) is 0.308. The Hall–Kier alpha value is -1.68. The normalized spacial score (nSPS) is 17.1. The van der Waals surface area contributed by atoms with Gasteiger partial charge in [-0.25, -0.2) is 0 Å². The Morgan fingerprint density at radius 2 is 1.90 bits per heavy atom. The van der Waals surface area contributed by atoms with E-state index in [1.807, 2.05) is 25.2 Å². The van der Waals surface area contributed by atoms with Gasteiger partial charge in [0.15, 0.2) is 0 Å². The first kappa shape index (κ1) is 14.7. The standard InChI is InChI=1S/C16H22N2O2/c1-16(2,3)13(17-4)10-18-14(19)9-11-7-5-6-8-12(11)15(18)20/h5-8,13,17H,9-10H2,1-4H3. The van der Waals surface area contributed by atoms with E-state index in [9.17, 15) is 9.59 Å². The molecule has 0 aromatic heterocycles. The minimum atomic E-state index is -0.179. The largest absolute Gasteiger partial charge is 0.315 e. The molecule has 0 spiro atoms. The summed E-state index contributed by atoms with van der Waals surface area (Å²) in [5, 5.41) is 3.21. The smallest absolute Gasteiger partial charge is 0.260 e. The van der Waals surface area contributed by atoms with Crippen LogP contribution in [0.25, 0.3) is 0 Å². The van der Waals surface area contributed by atoms with Gasteiger partial charge in [0, 0.05) is 18.2 Å². The summed E-state index contributed by atoms with van der Waals surface area (Å²) in [6.45, 7) is 6.70. The summed E-state index contributed by atoms with van der Waals surface area (Å²) in [7, 11) is 1.86. The summed E-state index contributed by atoms with van der Waals surface area (Å²) in [5.41, 5.74) is 1.46. The number of hydrogen-bond donors (Lipinski definition) is 1. The van der Waals surface area contributed by atoms with Crippen LogP contribution in [-0.4, -0.2) is 36.3 Å². The van der Waals surface area contributed by atoms with Crippen molar-refractivity contribution in [1.29, 1.82) is 0 Å². The van der Waals surface area contributed by atoms with Crippen LogP contribution in [0.2, 0.25) is 0 Å². The molecule has 1 aliphatic heterocycles. The lowest BCUT2D eigenvalue weighted by Gasteiger charge is -2.36. The van der Waals surface area contributed by atoms with E-state index < -0.39 is 0 Å². The van der Waals surface area contributed by atoms with Crippen LogP contribution in [0.3, 0.4) is 0 Å². The lowest BCUT2D eigenvalue weighted by atomic mass is 9.86. The van der Waals surface area contributed by atoms with E-state index in [0.29, 0.717) is 18.5 Å². The first-order chi connectivity index (χ1) is 9.34. The molecule has 1 aromatic rings. The zero-order valence-corrected chi connectivity index (χ0v) is 12.6. The van der Waals surface area contributed by atoms with E-state index in [2.05, 4.69) is 26.1 Å². The highest BCUT2D eigenvalue weighted by molar-refractivity contribution is 6.09. The molecule has 1 heterocycles. The number of likely N-dealkylation sites (N-methyl/N-ethyl adjacent to an activating group) is 1. The molecule has 0 saturated carbocycles. The quantitative estimate of drug-likeness (QED) is 0.856. The van der Waals surface area contributed by atoms with Gasteiger partial charge in [0.05, 0.1) is 6.42 Å². The van der Waals surface area contributed by atoms with Crippen molar-refractivity contribution >= 4 is 11.8 Å². The average molecular weight is 274 g/mol. The number of amides is 2. The minimum absolute atomic E-state index is 0.0216. The molecule has 0 aliphatic carbocycles. The number of carbonyl (C=O) groups is 2. The lowest BCUT2D eigenvalue weighted by molar-refractivity contribution is -0.128. The number of rotatable bonds is 3. The maximum Gasteiger partial charge on any atom is 0.260 e. The molecule has 0 bridgehead atoms. The zero-order chi connectivity index (χ0) is 14.9. The Morgan fingerprint density at radius 1 is 1.25 bits per heavy atom. The van der Waals surface area contributed by atoms with E-state index in [-0.39, 0.29) is 23.3 Å². The molecule has 4 heteroatoms. The van der Waals surface area contributed by atoms with Gasteiger partial charge in [-0.05, 0) is 24.1 Å². The number of fused-ring (bicyclic) bond motifs is 1. The van der Waals surface area contributed by atoms with Gasteiger partial charge < -0.3 is 5.32 Å². The highest BCUT2D eigenvalue weighted by Gasteiger charge is 2.34. The SMILES string of the molecule is CNC(CN1C(=O)Cc2ccccc2C1=O)C(C)(C)C. The Balaban J connectivity index is 2.26. The van der Waals surface area contributed by atoms with Crippen molar-refractivity contribution in [3.63, 3.8) is 0 Å². The summed E-state index contributed by atoms with van der Waals surface area (Å²) in [4.78, 5) is 26.1. The van der Waals surface area contributed by atoms with Crippen molar-refractivity contribution in [3.8, 4) is 0 Å². The van der Waals surface area contributed by atoms with E-state index in [0.717, 1.165) is 5.56 Å². The number of hydrogen-bond acceptors (Lipinski definition) is 3. The monoisotopic (exact) mass is 274 g/mol. The van der Waals surface area contributed by atoms with Crippen LogP contribution in [0.15, 0.2) is 24.3 Å². The van der Waals surface area contributed by atoms with Crippen LogP contribution >= 0.6 is 0 Å². The minimum Gasteiger partial charge on any atom is -0.315 e. The fraction of sp³-hybridized carbons (Fsp3) is 0.500. The van der Waals surface area contributed by atoms with Gasteiger partial charge in [0.1, 0.15) is 0 Å². The highest BCUT2D eigenvalue weighted by atomic mass is 16.2. The van der Waals surface area contributed by atoms with Gasteiger partial charge in [-0.15, -0.1) is 0 Å². The molecule has 1 aliphatic rings. The third-order valence-electron chi connectivity index (χ3n) is 3.89. The Labute approximate surface area is 120 Å². The van der Waals surface area contributed by atoms with E-state index >= 15 is 0 Å². The third-order valence-corrected chi connectivity index (χ3v) is 3.89. The summed E-state index contributed by atoms with van der Waals surface area (Å²) in [6, 6.07) is 7.41. The van der Waals surface area contributed by atoms with E-state index in [1.54, 1.807) is 6.07 Å². The Morgan fingerprint density at radius 3 is 2.50 bits per heavy atom. The number of imide groups is 1. The van der Waals surface area contributed by atoms with Crippen molar-refractivity contribution in [2.75, 3.05) is 13.6 Å². The van der Waals surface area contributed by atoms with Crippen molar-refractivity contribution in [3.05, 3.63) is 35.4 Å². The molecule has 1 unspecified atom stereocenters. The van der Waals surface area contributed by atoms with Gasteiger partial charge in [-0.3, -0.25) is 14.5 Å². The number of nitrogens with zero attached hydrogens (tertiary/aromatic N) is 1. The van der Waals surface area contributed by atoms with Crippen LogP contribution in [0.4, 0.5) is 0 Å². The molecule has 1 atom stereocenters. The summed E-state index contributed by atoms with van der Waals surface area (Å²) >= 11 is 0. The average Bonchev–Trinajstić information content (AvgIpc) is 2.37. The van der Waals surface area contributed by atoms with E-state index in [1.165, 1.54) is 4.90 Å². The summed E-state index contributed by atoms with van der Waals surface area (Å²) in [5.74, 6) is -0.292. The van der Waals surface area contributed by atoms with Crippen molar-refractivity contribution in [1.82, 2.24) is 10.2 Å². The molecule has 0 radical (unpaired) electrons. The van der Waals surface area contributed by atoms with Crippen LogP contribution in [0.1, 0.15) is 36.7 Å². The van der Waals surface area contributed by atoms with E-state index in [4.69, 9.17) is 0 Å². The zero-order valence-electron chi connectivity index (χ0n) is 12.6. The second kappa shape index (κ2) is 5.37. The number of benzene rings is 1. The Kier molecular flexibility index (Phi) is 3.95. The Bertz CT molecular complexity index is 532. The first-order valence-electron chi connectivity index (χ1n) is 6.94. The molecular formula is C16H22N2O2. The molecule has 108 valence electrons. The number of carbonyl (C=O) groups excluding carboxylic acids is 2. The molecule has 0 saturated heterocycles. The second-order valence-electron chi connectivity index (χ2n) is 6.35. The van der Waals surface area contributed by atoms with Crippen LogP contribution in [0, 0.1) is 5.41 Å². The second-order valence-corrected chi connectivity index (χ2v) is 6.35. The molecule has 20 heavy (non-hydrogen) atoms. The van der Waals surface area contributed by atoms with Crippen LogP contribution in [-0.2, 0) is 11.2 Å². The van der Waals surface area contributed by atoms with Gasteiger partial charge >= 0.3 is 0 Å². The first-order valence-corrected chi connectivity index (χ1v) is 6.94. The van der Waals surface area contributed by atoms with Gasteiger partial charge in [0.25, 0.3) is 5.91 Å². The predicted octanol–water partition coefficient (Wildman–Crippen LogP) is 1.85. The summed E-state index contributed by atoms with van der Waals surface area (Å²) < 4.78 is 0.